The molecular weight excluding hydrogens is 328 g/mol. The Bertz CT molecular complexity index is 593. The lowest BCUT2D eigenvalue weighted by molar-refractivity contribution is -0.131. The van der Waals surface area contributed by atoms with E-state index in [0.29, 0.717) is 13.0 Å². The molecule has 142 valence electrons. The standard InChI is InChI=1S/C19H30N6O/c1-2-20-19(23-15-16-6-7-16)22-10-8-18(26)25-13-11-24(12-14-25)17-5-3-4-9-21-17/h3-5,9,16H,2,6-8,10-15H2,1H3,(H2,20,22,23). The minimum absolute atomic E-state index is 0.205. The van der Waals surface area contributed by atoms with Crippen LogP contribution in [-0.2, 0) is 4.79 Å². The molecule has 1 saturated heterocycles. The van der Waals surface area contributed by atoms with Crippen LogP contribution in [0.4, 0.5) is 5.82 Å². The number of carbonyl (C=O) groups is 1. The molecule has 0 radical (unpaired) electrons. The Morgan fingerprint density at radius 2 is 2.04 bits per heavy atom. The molecule has 1 amide bonds. The third kappa shape index (κ3) is 5.61. The molecule has 0 unspecified atom stereocenters. The molecule has 26 heavy (non-hydrogen) atoms. The van der Waals surface area contributed by atoms with Crippen molar-refractivity contribution < 1.29 is 4.79 Å². The molecule has 1 aromatic heterocycles. The molecule has 7 heteroatoms. The fraction of sp³-hybridized carbons (Fsp3) is 0.632. The number of nitrogens with one attached hydrogen (secondary N) is 2. The first-order valence-corrected chi connectivity index (χ1v) is 9.72. The van der Waals surface area contributed by atoms with Gasteiger partial charge in [-0.05, 0) is 37.8 Å². The van der Waals surface area contributed by atoms with Crippen molar-refractivity contribution in [2.24, 2.45) is 10.9 Å². The molecule has 1 aliphatic heterocycles. The Balaban J connectivity index is 1.37. The van der Waals surface area contributed by atoms with Crippen LogP contribution in [0.5, 0.6) is 0 Å². The third-order valence-corrected chi connectivity index (χ3v) is 4.79. The summed E-state index contributed by atoms with van der Waals surface area (Å²) in [6.07, 6.45) is 4.90. The fourth-order valence-corrected chi connectivity index (χ4v) is 3.03. The zero-order valence-electron chi connectivity index (χ0n) is 15.7. The maximum Gasteiger partial charge on any atom is 0.224 e. The van der Waals surface area contributed by atoms with E-state index >= 15 is 0 Å². The smallest absolute Gasteiger partial charge is 0.224 e. The van der Waals surface area contributed by atoms with Crippen molar-refractivity contribution in [3.05, 3.63) is 24.4 Å². The SMILES string of the molecule is CCNC(=NCC1CC1)NCCC(=O)N1CCN(c2ccccn2)CC1. The van der Waals surface area contributed by atoms with Gasteiger partial charge in [0.15, 0.2) is 5.96 Å². The van der Waals surface area contributed by atoms with Crippen molar-refractivity contribution >= 4 is 17.7 Å². The molecule has 0 aromatic carbocycles. The number of hydrogen-bond acceptors (Lipinski definition) is 4. The van der Waals surface area contributed by atoms with Crippen molar-refractivity contribution in [3.8, 4) is 0 Å². The van der Waals surface area contributed by atoms with Crippen LogP contribution in [0, 0.1) is 5.92 Å². The van der Waals surface area contributed by atoms with Crippen LogP contribution in [0.2, 0.25) is 0 Å². The molecule has 1 aromatic rings. The Morgan fingerprint density at radius 1 is 1.23 bits per heavy atom. The molecule has 3 rings (SSSR count). The lowest BCUT2D eigenvalue weighted by Gasteiger charge is -2.35. The number of pyridine rings is 1. The lowest BCUT2D eigenvalue weighted by atomic mass is 10.2. The van der Waals surface area contributed by atoms with Gasteiger partial charge in [-0.25, -0.2) is 4.98 Å². The number of amides is 1. The molecular formula is C19H30N6O. The average molecular weight is 358 g/mol. The number of aliphatic imine (C=N–C) groups is 1. The highest BCUT2D eigenvalue weighted by Crippen LogP contribution is 2.28. The Hall–Kier alpha value is -2.31. The zero-order chi connectivity index (χ0) is 18.2. The van der Waals surface area contributed by atoms with E-state index < -0.39 is 0 Å². The van der Waals surface area contributed by atoms with Crippen LogP contribution in [0.15, 0.2) is 29.4 Å². The first-order valence-electron chi connectivity index (χ1n) is 9.72. The van der Waals surface area contributed by atoms with Gasteiger partial charge in [-0.3, -0.25) is 9.79 Å². The summed E-state index contributed by atoms with van der Waals surface area (Å²) in [6.45, 7) is 7.58. The summed E-state index contributed by atoms with van der Waals surface area (Å²) in [4.78, 5) is 25.6. The predicted octanol–water partition coefficient (Wildman–Crippen LogP) is 1.09. The number of guanidine groups is 1. The van der Waals surface area contributed by atoms with Crippen LogP contribution >= 0.6 is 0 Å². The van der Waals surface area contributed by atoms with Crippen LogP contribution in [-0.4, -0.2) is 67.6 Å². The Morgan fingerprint density at radius 3 is 2.69 bits per heavy atom. The molecule has 1 aliphatic carbocycles. The lowest BCUT2D eigenvalue weighted by Crippen LogP contribution is -2.49. The number of nitrogens with zero attached hydrogens (tertiary/aromatic N) is 4. The molecule has 7 nitrogen and oxygen atoms in total. The van der Waals surface area contributed by atoms with E-state index in [1.165, 1.54) is 12.8 Å². The Labute approximate surface area is 155 Å². The van der Waals surface area contributed by atoms with Gasteiger partial charge in [-0.2, -0.15) is 0 Å². The molecule has 0 spiro atoms. The van der Waals surface area contributed by atoms with E-state index in [1.807, 2.05) is 29.3 Å². The first kappa shape index (κ1) is 18.5. The highest BCUT2D eigenvalue weighted by atomic mass is 16.2. The van der Waals surface area contributed by atoms with Crippen LogP contribution in [0.3, 0.4) is 0 Å². The minimum Gasteiger partial charge on any atom is -0.357 e. The van der Waals surface area contributed by atoms with Gasteiger partial charge in [0, 0.05) is 58.4 Å². The van der Waals surface area contributed by atoms with Crippen molar-refractivity contribution in [2.75, 3.05) is 50.7 Å². The topological polar surface area (TPSA) is 72.9 Å². The molecule has 2 fully saturated rings. The van der Waals surface area contributed by atoms with E-state index in [2.05, 4.69) is 32.4 Å². The molecule has 0 bridgehead atoms. The second kappa shape index (κ2) is 9.40. The number of carbonyl (C=O) groups excluding carboxylic acids is 1. The van der Waals surface area contributed by atoms with Crippen molar-refractivity contribution in [2.45, 2.75) is 26.2 Å². The average Bonchev–Trinajstić information content (AvgIpc) is 3.51. The molecule has 2 heterocycles. The van der Waals surface area contributed by atoms with Crippen molar-refractivity contribution in [1.82, 2.24) is 20.5 Å². The van der Waals surface area contributed by atoms with Crippen LogP contribution in [0.25, 0.3) is 0 Å². The Kier molecular flexibility index (Phi) is 6.68. The number of anilines is 1. The van der Waals surface area contributed by atoms with E-state index in [-0.39, 0.29) is 5.91 Å². The van der Waals surface area contributed by atoms with E-state index in [1.54, 1.807) is 0 Å². The summed E-state index contributed by atoms with van der Waals surface area (Å²) in [5.41, 5.74) is 0. The predicted molar refractivity (Wildman–Crippen MR) is 104 cm³/mol. The maximum absolute atomic E-state index is 12.4. The molecule has 2 aliphatic rings. The van der Waals surface area contributed by atoms with Gasteiger partial charge >= 0.3 is 0 Å². The number of aromatic nitrogens is 1. The zero-order valence-corrected chi connectivity index (χ0v) is 15.7. The van der Waals surface area contributed by atoms with Crippen molar-refractivity contribution in [1.29, 1.82) is 0 Å². The summed E-state index contributed by atoms with van der Waals surface area (Å²) in [5.74, 6) is 2.79. The van der Waals surface area contributed by atoms with E-state index in [0.717, 1.165) is 57.0 Å². The highest BCUT2D eigenvalue weighted by molar-refractivity contribution is 5.81. The first-order chi connectivity index (χ1) is 12.8. The molecule has 1 saturated carbocycles. The highest BCUT2D eigenvalue weighted by Gasteiger charge is 2.22. The fourth-order valence-electron chi connectivity index (χ4n) is 3.03. The number of hydrogen-bond donors (Lipinski definition) is 2. The minimum atomic E-state index is 0.205. The van der Waals surface area contributed by atoms with Crippen LogP contribution < -0.4 is 15.5 Å². The van der Waals surface area contributed by atoms with Crippen LogP contribution in [0.1, 0.15) is 26.2 Å². The van der Waals surface area contributed by atoms with Gasteiger partial charge in [0.05, 0.1) is 0 Å². The number of piperazine rings is 1. The summed E-state index contributed by atoms with van der Waals surface area (Å²) < 4.78 is 0. The maximum atomic E-state index is 12.4. The summed E-state index contributed by atoms with van der Waals surface area (Å²) in [5, 5.41) is 6.52. The largest absolute Gasteiger partial charge is 0.357 e. The molecule has 2 N–H and O–H groups in total. The second-order valence-electron chi connectivity index (χ2n) is 6.90. The third-order valence-electron chi connectivity index (χ3n) is 4.79. The monoisotopic (exact) mass is 358 g/mol. The second-order valence-corrected chi connectivity index (χ2v) is 6.90. The van der Waals surface area contributed by atoms with Gasteiger partial charge in [-0.1, -0.05) is 6.07 Å². The van der Waals surface area contributed by atoms with Gasteiger partial charge in [0.1, 0.15) is 5.82 Å². The number of rotatable bonds is 7. The summed E-state index contributed by atoms with van der Waals surface area (Å²) >= 11 is 0. The van der Waals surface area contributed by atoms with Crippen molar-refractivity contribution in [3.63, 3.8) is 0 Å². The normalized spacial score (nSPS) is 18.0. The van der Waals surface area contributed by atoms with Gasteiger partial charge in [-0.15, -0.1) is 0 Å². The van der Waals surface area contributed by atoms with Gasteiger partial charge < -0.3 is 20.4 Å². The quantitative estimate of drug-likeness (QED) is 0.564. The summed E-state index contributed by atoms with van der Waals surface area (Å²) in [7, 11) is 0. The van der Waals surface area contributed by atoms with E-state index in [9.17, 15) is 4.79 Å². The summed E-state index contributed by atoms with van der Waals surface area (Å²) in [6, 6.07) is 5.94. The molecule has 0 atom stereocenters. The van der Waals surface area contributed by atoms with E-state index in [4.69, 9.17) is 0 Å². The van der Waals surface area contributed by atoms with Gasteiger partial charge in [0.25, 0.3) is 0 Å². The van der Waals surface area contributed by atoms with Gasteiger partial charge in [0.2, 0.25) is 5.91 Å².